The lowest BCUT2D eigenvalue weighted by Gasteiger charge is -2.31. The molecular formula is C19H25N3O4. The van der Waals surface area contributed by atoms with Crippen molar-refractivity contribution in [1.82, 2.24) is 15.5 Å². The summed E-state index contributed by atoms with van der Waals surface area (Å²) in [5.74, 6) is 0.187. The van der Waals surface area contributed by atoms with Crippen molar-refractivity contribution in [2.75, 3.05) is 33.4 Å². The van der Waals surface area contributed by atoms with Crippen LogP contribution >= 0.6 is 0 Å². The monoisotopic (exact) mass is 359 g/mol. The Hall–Kier alpha value is -2.54. The topological polar surface area (TPSA) is 79.9 Å². The Bertz CT molecular complexity index is 710. The van der Waals surface area contributed by atoms with Crippen LogP contribution in [0.5, 0.6) is 5.75 Å². The van der Waals surface area contributed by atoms with E-state index in [0.717, 1.165) is 31.5 Å². The number of hydrogen-bond donors (Lipinski definition) is 2. The third kappa shape index (κ3) is 3.83. The number of benzene rings is 1. The number of para-hydroxylation sites is 1. The first-order chi connectivity index (χ1) is 12.6. The molecule has 0 saturated carbocycles. The fourth-order valence-electron chi connectivity index (χ4n) is 3.50. The largest absolute Gasteiger partial charge is 0.494 e. The lowest BCUT2D eigenvalue weighted by Crippen LogP contribution is -2.48. The number of ether oxygens (including phenoxy) is 2. The third-order valence-electron chi connectivity index (χ3n) is 4.67. The second-order valence-electron chi connectivity index (χ2n) is 6.37. The first-order valence-electron chi connectivity index (χ1n) is 8.97. The van der Waals surface area contributed by atoms with Gasteiger partial charge in [0.1, 0.15) is 5.75 Å². The van der Waals surface area contributed by atoms with E-state index in [9.17, 15) is 9.59 Å². The predicted molar refractivity (Wildman–Crippen MR) is 96.7 cm³/mol. The first-order valence-corrected chi connectivity index (χ1v) is 8.97. The van der Waals surface area contributed by atoms with Crippen LogP contribution in [-0.2, 0) is 9.53 Å². The van der Waals surface area contributed by atoms with E-state index in [1.165, 1.54) is 7.11 Å². The van der Waals surface area contributed by atoms with E-state index in [1.54, 1.807) is 0 Å². The zero-order chi connectivity index (χ0) is 18.5. The maximum atomic E-state index is 12.6. The quantitative estimate of drug-likeness (QED) is 0.759. The van der Waals surface area contributed by atoms with Crippen molar-refractivity contribution in [2.45, 2.75) is 25.8 Å². The van der Waals surface area contributed by atoms with Crippen molar-refractivity contribution >= 4 is 12.0 Å². The summed E-state index contributed by atoms with van der Waals surface area (Å²) in [6, 6.07) is 6.48. The number of nitrogens with zero attached hydrogens (tertiary/aromatic N) is 1. The van der Waals surface area contributed by atoms with Crippen molar-refractivity contribution in [2.24, 2.45) is 0 Å². The zero-order valence-corrected chi connectivity index (χ0v) is 15.2. The maximum Gasteiger partial charge on any atom is 0.338 e. The number of methoxy groups -OCH3 is 1. The van der Waals surface area contributed by atoms with Crippen LogP contribution < -0.4 is 15.4 Å². The summed E-state index contributed by atoms with van der Waals surface area (Å²) < 4.78 is 10.7. The van der Waals surface area contributed by atoms with Gasteiger partial charge < -0.3 is 20.1 Å². The van der Waals surface area contributed by atoms with Crippen molar-refractivity contribution in [1.29, 1.82) is 0 Å². The maximum absolute atomic E-state index is 12.6. The van der Waals surface area contributed by atoms with E-state index < -0.39 is 12.0 Å². The van der Waals surface area contributed by atoms with E-state index in [0.29, 0.717) is 30.2 Å². The van der Waals surface area contributed by atoms with Crippen LogP contribution in [0.3, 0.4) is 0 Å². The number of carbonyl (C=O) groups excluding carboxylic acids is 2. The summed E-state index contributed by atoms with van der Waals surface area (Å²) in [5.41, 5.74) is 1.76. The molecule has 1 unspecified atom stereocenters. The molecule has 3 rings (SSSR count). The highest BCUT2D eigenvalue weighted by Crippen LogP contribution is 2.34. The molecule has 1 saturated heterocycles. The number of amides is 2. The molecule has 7 heteroatoms. The van der Waals surface area contributed by atoms with Crippen LogP contribution in [0.25, 0.3) is 0 Å². The fourth-order valence-corrected chi connectivity index (χ4v) is 3.50. The van der Waals surface area contributed by atoms with E-state index in [2.05, 4.69) is 15.5 Å². The molecule has 1 atom stereocenters. The molecule has 1 aromatic rings. The van der Waals surface area contributed by atoms with Gasteiger partial charge in [0.25, 0.3) is 0 Å². The standard InChI is InChI=1S/C19H25N3O4/c1-3-26-15-9-5-4-8-13(15)17-16(18(23)25-2)14(20-19(24)21-17)12-22-10-6-7-11-22/h4-5,8-9,17H,3,6-7,10-12H2,1-2H3,(H2,20,21,24). The van der Waals surface area contributed by atoms with Crippen LogP contribution in [0, 0.1) is 0 Å². The molecule has 0 spiro atoms. The smallest absolute Gasteiger partial charge is 0.338 e. The lowest BCUT2D eigenvalue weighted by molar-refractivity contribution is -0.136. The van der Waals surface area contributed by atoms with Crippen molar-refractivity contribution < 1.29 is 19.1 Å². The molecule has 140 valence electrons. The Morgan fingerprint density at radius 2 is 2.00 bits per heavy atom. The molecule has 1 aromatic carbocycles. The minimum Gasteiger partial charge on any atom is -0.494 e. The van der Waals surface area contributed by atoms with Gasteiger partial charge in [0.15, 0.2) is 0 Å². The summed E-state index contributed by atoms with van der Waals surface area (Å²) >= 11 is 0. The molecule has 7 nitrogen and oxygen atoms in total. The summed E-state index contributed by atoms with van der Waals surface area (Å²) in [6.07, 6.45) is 2.26. The minimum atomic E-state index is -0.614. The van der Waals surface area contributed by atoms with Gasteiger partial charge in [-0.05, 0) is 38.9 Å². The van der Waals surface area contributed by atoms with Crippen molar-refractivity contribution in [3.8, 4) is 5.75 Å². The van der Waals surface area contributed by atoms with Gasteiger partial charge in [0.2, 0.25) is 0 Å². The molecule has 2 N–H and O–H groups in total. The first kappa shape index (κ1) is 18.3. The highest BCUT2D eigenvalue weighted by Gasteiger charge is 2.35. The Labute approximate surface area is 153 Å². The number of urea groups is 1. The van der Waals surface area contributed by atoms with Crippen LogP contribution in [0.1, 0.15) is 31.4 Å². The van der Waals surface area contributed by atoms with Gasteiger partial charge in [-0.25, -0.2) is 9.59 Å². The molecule has 0 aromatic heterocycles. The molecule has 0 aliphatic carbocycles. The Kier molecular flexibility index (Phi) is 5.78. The Balaban J connectivity index is 2.03. The van der Waals surface area contributed by atoms with Crippen LogP contribution in [-0.4, -0.2) is 50.3 Å². The SMILES string of the molecule is CCOc1ccccc1C1NC(=O)NC(CN2CCCC2)=C1C(=O)OC. The van der Waals surface area contributed by atoms with Crippen LogP contribution in [0.4, 0.5) is 4.79 Å². The van der Waals surface area contributed by atoms with E-state index in [4.69, 9.17) is 9.47 Å². The summed E-state index contributed by atoms with van der Waals surface area (Å²) in [7, 11) is 1.35. The normalized spacial score (nSPS) is 20.5. The zero-order valence-electron chi connectivity index (χ0n) is 15.2. The minimum absolute atomic E-state index is 0.330. The van der Waals surface area contributed by atoms with Gasteiger partial charge >= 0.3 is 12.0 Å². The molecule has 26 heavy (non-hydrogen) atoms. The number of hydrogen-bond acceptors (Lipinski definition) is 5. The third-order valence-corrected chi connectivity index (χ3v) is 4.67. The number of rotatable bonds is 6. The summed E-state index contributed by atoms with van der Waals surface area (Å²) in [6.45, 7) is 4.83. The summed E-state index contributed by atoms with van der Waals surface area (Å²) in [5, 5.41) is 5.65. The van der Waals surface area contributed by atoms with Gasteiger partial charge in [-0.15, -0.1) is 0 Å². The average Bonchev–Trinajstić information content (AvgIpc) is 3.14. The molecule has 0 bridgehead atoms. The predicted octanol–water partition coefficient (Wildman–Crippen LogP) is 1.96. The lowest BCUT2D eigenvalue weighted by atomic mass is 9.94. The van der Waals surface area contributed by atoms with Gasteiger partial charge in [0, 0.05) is 17.8 Å². The number of nitrogens with one attached hydrogen (secondary N) is 2. The molecule has 1 fully saturated rings. The number of esters is 1. The van der Waals surface area contributed by atoms with Crippen LogP contribution in [0.15, 0.2) is 35.5 Å². The van der Waals surface area contributed by atoms with Crippen molar-refractivity contribution in [3.05, 3.63) is 41.1 Å². The molecule has 2 amide bonds. The van der Waals surface area contributed by atoms with E-state index in [1.807, 2.05) is 31.2 Å². The fraction of sp³-hybridized carbons (Fsp3) is 0.474. The van der Waals surface area contributed by atoms with Gasteiger partial charge in [0.05, 0.1) is 25.3 Å². The van der Waals surface area contributed by atoms with Crippen LogP contribution in [0.2, 0.25) is 0 Å². The van der Waals surface area contributed by atoms with Gasteiger partial charge in [-0.2, -0.15) is 0 Å². The number of carbonyl (C=O) groups is 2. The Morgan fingerprint density at radius 1 is 1.27 bits per heavy atom. The van der Waals surface area contributed by atoms with Gasteiger partial charge in [-0.1, -0.05) is 18.2 Å². The second-order valence-corrected chi connectivity index (χ2v) is 6.37. The molecule has 2 aliphatic heterocycles. The average molecular weight is 359 g/mol. The van der Waals surface area contributed by atoms with E-state index >= 15 is 0 Å². The molecular weight excluding hydrogens is 334 g/mol. The highest BCUT2D eigenvalue weighted by molar-refractivity contribution is 5.95. The second kappa shape index (κ2) is 8.23. The van der Waals surface area contributed by atoms with Crippen molar-refractivity contribution in [3.63, 3.8) is 0 Å². The number of likely N-dealkylation sites (tertiary alicyclic amines) is 1. The van der Waals surface area contributed by atoms with E-state index in [-0.39, 0.29) is 6.03 Å². The Morgan fingerprint density at radius 3 is 2.69 bits per heavy atom. The highest BCUT2D eigenvalue weighted by atomic mass is 16.5. The molecule has 2 heterocycles. The molecule has 0 radical (unpaired) electrons. The molecule has 2 aliphatic rings. The van der Waals surface area contributed by atoms with Gasteiger partial charge in [-0.3, -0.25) is 4.90 Å². The summed E-state index contributed by atoms with van der Waals surface area (Å²) in [4.78, 5) is 27.1.